The van der Waals surface area contributed by atoms with Crippen LogP contribution in [0.1, 0.15) is 12.0 Å². The van der Waals surface area contributed by atoms with E-state index in [-0.39, 0.29) is 13.2 Å². The summed E-state index contributed by atoms with van der Waals surface area (Å²) >= 11 is 0. The third-order valence-electron chi connectivity index (χ3n) is 4.19. The Labute approximate surface area is 136 Å². The molecule has 0 spiro atoms. The molecule has 130 valence electrons. The molecule has 1 fully saturated rings. The van der Waals surface area contributed by atoms with Crippen LogP contribution in [0, 0.1) is 0 Å². The van der Waals surface area contributed by atoms with Gasteiger partial charge in [-0.05, 0) is 5.56 Å². The van der Waals surface area contributed by atoms with Gasteiger partial charge in [0.25, 0.3) is 5.66 Å². The summed E-state index contributed by atoms with van der Waals surface area (Å²) in [7, 11) is 0. The highest BCUT2D eigenvalue weighted by molar-refractivity contribution is 5.77. The number of halogens is 3. The maximum absolute atomic E-state index is 12.6. The van der Waals surface area contributed by atoms with Crippen molar-refractivity contribution in [1.82, 2.24) is 10.6 Å². The second-order valence-corrected chi connectivity index (χ2v) is 5.87. The number of ether oxygens (including phenoxy) is 1. The van der Waals surface area contributed by atoms with Crippen molar-refractivity contribution in [2.75, 3.05) is 26.2 Å². The topological polar surface area (TPSA) is 75.1 Å². The fraction of sp³-hybridized carbons (Fsp3) is 0.533. The Morgan fingerprint density at radius 3 is 2.42 bits per heavy atom. The maximum Gasteiger partial charge on any atom is 0.437 e. The minimum Gasteiger partial charge on any atom is -0.358 e. The number of nitrogens with one attached hydrogen (secondary N) is 2. The predicted molar refractivity (Wildman–Crippen MR) is 78.2 cm³/mol. The van der Waals surface area contributed by atoms with Crippen molar-refractivity contribution >= 4 is 5.91 Å². The summed E-state index contributed by atoms with van der Waals surface area (Å²) in [6.45, 7) is 0.785. The van der Waals surface area contributed by atoms with Crippen molar-refractivity contribution in [2.24, 2.45) is 10.2 Å². The molecule has 2 aliphatic heterocycles. The van der Waals surface area contributed by atoms with Crippen LogP contribution in [0.4, 0.5) is 13.2 Å². The Hall–Kier alpha value is -2.00. The molecule has 1 aromatic carbocycles. The van der Waals surface area contributed by atoms with Gasteiger partial charge in [-0.2, -0.15) is 13.2 Å². The first kappa shape index (κ1) is 16.8. The fourth-order valence-electron chi connectivity index (χ4n) is 2.53. The molecule has 0 aliphatic carbocycles. The molecule has 9 heteroatoms. The quantitative estimate of drug-likeness (QED) is 0.792. The van der Waals surface area contributed by atoms with E-state index < -0.39 is 29.8 Å². The smallest absolute Gasteiger partial charge is 0.358 e. The molecule has 1 saturated heterocycles. The molecular weight excluding hydrogens is 325 g/mol. The molecule has 0 unspecified atom stereocenters. The maximum atomic E-state index is 12.6. The van der Waals surface area contributed by atoms with Crippen molar-refractivity contribution in [3.63, 3.8) is 0 Å². The van der Waals surface area contributed by atoms with Gasteiger partial charge in [0.2, 0.25) is 5.91 Å². The van der Waals surface area contributed by atoms with E-state index in [9.17, 15) is 18.0 Å². The number of carbonyl (C=O) groups is 1. The van der Waals surface area contributed by atoms with Gasteiger partial charge >= 0.3 is 6.18 Å². The lowest BCUT2D eigenvalue weighted by molar-refractivity contribution is -0.165. The number of benzene rings is 1. The molecular formula is C15H17F3N4O2. The van der Waals surface area contributed by atoms with Crippen LogP contribution in [0.3, 0.4) is 0 Å². The van der Waals surface area contributed by atoms with Crippen LogP contribution in [-0.4, -0.2) is 44.0 Å². The Kier molecular flexibility index (Phi) is 4.31. The van der Waals surface area contributed by atoms with E-state index >= 15 is 0 Å². The lowest BCUT2D eigenvalue weighted by atomic mass is 9.88. The molecule has 2 N–H and O–H groups in total. The van der Waals surface area contributed by atoms with E-state index in [1.165, 1.54) is 0 Å². The van der Waals surface area contributed by atoms with Gasteiger partial charge in [0.15, 0.2) is 0 Å². The Morgan fingerprint density at radius 1 is 1.25 bits per heavy atom. The summed E-state index contributed by atoms with van der Waals surface area (Å²) in [5.74, 6) is -0.463. The largest absolute Gasteiger partial charge is 0.437 e. The highest BCUT2D eigenvalue weighted by Gasteiger charge is 2.63. The molecule has 6 nitrogen and oxygen atoms in total. The van der Waals surface area contributed by atoms with E-state index in [1.807, 2.05) is 30.3 Å². The van der Waals surface area contributed by atoms with Crippen LogP contribution in [0.25, 0.3) is 0 Å². The van der Waals surface area contributed by atoms with Crippen LogP contribution in [0.5, 0.6) is 0 Å². The Morgan fingerprint density at radius 2 is 1.92 bits per heavy atom. The molecule has 1 amide bonds. The van der Waals surface area contributed by atoms with E-state index in [0.717, 1.165) is 5.56 Å². The van der Waals surface area contributed by atoms with Gasteiger partial charge in [0.05, 0.1) is 0 Å². The number of hydrogen-bond donors (Lipinski definition) is 2. The van der Waals surface area contributed by atoms with Gasteiger partial charge in [-0.25, -0.2) is 0 Å². The van der Waals surface area contributed by atoms with Crippen LogP contribution in [0.15, 0.2) is 40.6 Å². The molecule has 3 rings (SSSR count). The number of rotatable bonds is 7. The van der Waals surface area contributed by atoms with Crippen LogP contribution in [0.2, 0.25) is 0 Å². The Bertz CT molecular complexity index is 623. The van der Waals surface area contributed by atoms with Crippen molar-refractivity contribution in [2.45, 2.75) is 23.9 Å². The lowest BCUT2D eigenvalue weighted by Gasteiger charge is -2.42. The summed E-state index contributed by atoms with van der Waals surface area (Å²) < 4.78 is 43.6. The third-order valence-corrected chi connectivity index (χ3v) is 4.19. The van der Waals surface area contributed by atoms with Gasteiger partial charge < -0.3 is 15.4 Å². The number of alkyl halides is 3. The molecule has 2 aliphatic rings. The summed E-state index contributed by atoms with van der Waals surface area (Å²) in [5.41, 5.74) is -1.93. The highest BCUT2D eigenvalue weighted by atomic mass is 19.4. The summed E-state index contributed by atoms with van der Waals surface area (Å²) in [5, 5.41) is 11.6. The minimum atomic E-state index is -4.51. The summed E-state index contributed by atoms with van der Waals surface area (Å²) in [6.07, 6.45) is -4.91. The van der Waals surface area contributed by atoms with Crippen molar-refractivity contribution in [3.8, 4) is 0 Å². The summed E-state index contributed by atoms with van der Waals surface area (Å²) in [4.78, 5) is 11.8. The molecule has 1 aromatic rings. The molecule has 0 aromatic heterocycles. The molecule has 2 heterocycles. The van der Waals surface area contributed by atoms with E-state index in [1.54, 1.807) is 0 Å². The highest BCUT2D eigenvalue weighted by Crippen LogP contribution is 2.46. The van der Waals surface area contributed by atoms with Gasteiger partial charge in [-0.1, -0.05) is 30.3 Å². The monoisotopic (exact) mass is 342 g/mol. The van der Waals surface area contributed by atoms with Gasteiger partial charge in [-0.3, -0.25) is 4.79 Å². The Balaban J connectivity index is 1.44. The molecule has 0 atom stereocenters. The second-order valence-electron chi connectivity index (χ2n) is 5.87. The van der Waals surface area contributed by atoms with Gasteiger partial charge in [0, 0.05) is 26.1 Å². The van der Waals surface area contributed by atoms with E-state index in [2.05, 4.69) is 20.9 Å². The fourth-order valence-corrected chi connectivity index (χ4v) is 2.53. The average molecular weight is 342 g/mol. The predicted octanol–water partition coefficient (Wildman–Crippen LogP) is 1.73. The number of nitrogens with zero attached hydrogens (tertiary/aromatic N) is 2. The zero-order valence-electron chi connectivity index (χ0n) is 12.8. The molecule has 0 radical (unpaired) electrons. The van der Waals surface area contributed by atoms with E-state index in [0.29, 0.717) is 13.1 Å². The number of hydrogen-bond acceptors (Lipinski definition) is 5. The SMILES string of the molecule is O=C(COC1(c2ccccc2)CNC1)NCCC1(C(F)(F)F)N=N1. The number of amides is 1. The molecule has 0 bridgehead atoms. The first-order valence-corrected chi connectivity index (χ1v) is 7.55. The third kappa shape index (κ3) is 3.27. The second kappa shape index (κ2) is 6.14. The van der Waals surface area contributed by atoms with Crippen LogP contribution >= 0.6 is 0 Å². The molecule has 0 saturated carbocycles. The first-order chi connectivity index (χ1) is 11.4. The average Bonchev–Trinajstić information content (AvgIpc) is 3.28. The lowest BCUT2D eigenvalue weighted by Crippen LogP contribution is -2.59. The summed E-state index contributed by atoms with van der Waals surface area (Å²) in [6, 6.07) is 9.50. The molecule has 24 heavy (non-hydrogen) atoms. The van der Waals surface area contributed by atoms with Crippen molar-refractivity contribution in [3.05, 3.63) is 35.9 Å². The number of carbonyl (C=O) groups excluding carboxylic acids is 1. The zero-order valence-corrected chi connectivity index (χ0v) is 12.8. The minimum absolute atomic E-state index is 0.161. The van der Waals surface area contributed by atoms with Crippen molar-refractivity contribution < 1.29 is 22.7 Å². The zero-order chi connectivity index (χ0) is 17.3. The normalized spacial score (nSPS) is 20.3. The first-order valence-electron chi connectivity index (χ1n) is 7.55. The van der Waals surface area contributed by atoms with Crippen LogP contribution in [-0.2, 0) is 15.1 Å². The van der Waals surface area contributed by atoms with E-state index in [4.69, 9.17) is 4.74 Å². The van der Waals surface area contributed by atoms with Gasteiger partial charge in [-0.15, -0.1) is 10.2 Å². The van der Waals surface area contributed by atoms with Crippen molar-refractivity contribution in [1.29, 1.82) is 0 Å². The standard InChI is InChI=1S/C15H17F3N4O2/c16-15(17,18)14(21-22-14)6-7-20-12(23)8-24-13(9-19-10-13)11-4-2-1-3-5-11/h1-5,19H,6-10H2,(H,20,23). The van der Waals surface area contributed by atoms with Gasteiger partial charge in [0.1, 0.15) is 12.2 Å². The van der Waals surface area contributed by atoms with Crippen LogP contribution < -0.4 is 10.6 Å².